The second-order valence-electron chi connectivity index (χ2n) is 33.8. The SMILES string of the molecule is COc1cccc2cc(-c3nc([C@H]4CC[C@H](C(=O)NCCOCCOCCOCCOCCOCCOCCOCCOCCOCCNC(=O)O[C@@H]5CC[C@@H](C[C@@H](N)[C@@H]6CC(=O)[C@H](C)/C=C(\C)[C@@H](O)[C@@H](OC)C(=O)[C@H](C)C[C@H](C)/C=C/C=C/C=C(\C)[C@@H](OC)C[C@@H]7CC[C@@H](C)[C@@](O)(O7)C(=O)C(=O)N7CCCC[C@H]7C(=O)O6)C[C@H]5OC)CC4)n4ncnc(N)c34)[nH]c12. The van der Waals surface area contributed by atoms with Crippen LogP contribution in [-0.4, -0.2) is 309 Å². The quantitative estimate of drug-likeness (QED) is 0.00956. The molecule has 2 saturated heterocycles. The van der Waals surface area contributed by atoms with Gasteiger partial charge in [0.2, 0.25) is 11.7 Å². The van der Waals surface area contributed by atoms with Gasteiger partial charge >= 0.3 is 12.1 Å². The second-order valence-corrected chi connectivity index (χ2v) is 33.8. The number of nitrogens with two attached hydrogens (primary N) is 2. The van der Waals surface area contributed by atoms with Crippen molar-refractivity contribution in [2.45, 2.75) is 211 Å². The third-order valence-corrected chi connectivity index (χ3v) is 24.5. The molecule has 708 valence electrons. The zero-order chi connectivity index (χ0) is 91.2. The van der Waals surface area contributed by atoms with E-state index < -0.39 is 108 Å². The number of aliphatic hydroxyl groups excluding tert-OH is 1. The van der Waals surface area contributed by atoms with Crippen LogP contribution in [0.25, 0.3) is 27.8 Å². The van der Waals surface area contributed by atoms with Crippen molar-refractivity contribution in [3.63, 3.8) is 0 Å². The summed E-state index contributed by atoms with van der Waals surface area (Å²) in [6.07, 6.45) is 12.6. The number of fused-ring (bicyclic) bond motifs is 5. The van der Waals surface area contributed by atoms with Crippen LogP contribution in [0.3, 0.4) is 0 Å². The number of ether oxygens (including phenoxy) is 16. The number of aromatic amines is 1. The van der Waals surface area contributed by atoms with E-state index in [1.54, 1.807) is 52.5 Å². The van der Waals surface area contributed by atoms with Gasteiger partial charge in [0.1, 0.15) is 65.4 Å². The number of benzene rings is 1. The number of hydrogen-bond acceptors (Lipinski definition) is 30. The highest BCUT2D eigenvalue weighted by atomic mass is 16.6. The smallest absolute Gasteiger partial charge is 0.407 e. The maximum Gasteiger partial charge on any atom is 0.407 e. The summed E-state index contributed by atoms with van der Waals surface area (Å²) in [5, 5.41) is 35.0. The Morgan fingerprint density at radius 1 is 0.693 bits per heavy atom. The predicted molar refractivity (Wildman–Crippen MR) is 470 cm³/mol. The number of nitrogens with zero attached hydrogens (tertiary/aromatic N) is 5. The summed E-state index contributed by atoms with van der Waals surface area (Å²) in [6, 6.07) is 5.67. The van der Waals surface area contributed by atoms with E-state index in [0.717, 1.165) is 64.3 Å². The number of hydrogen-bond donors (Lipinski definition) is 7. The number of cyclic esters (lactones) is 1. The van der Waals surface area contributed by atoms with Gasteiger partial charge in [-0.05, 0) is 139 Å². The number of anilines is 1. The number of aromatic nitrogens is 5. The highest BCUT2D eigenvalue weighted by Crippen LogP contribution is 2.42. The van der Waals surface area contributed by atoms with E-state index in [9.17, 15) is 43.8 Å². The van der Waals surface area contributed by atoms with Crippen molar-refractivity contribution in [1.29, 1.82) is 0 Å². The van der Waals surface area contributed by atoms with E-state index >= 15 is 0 Å². The van der Waals surface area contributed by atoms with Crippen molar-refractivity contribution in [2.75, 3.05) is 173 Å². The van der Waals surface area contributed by atoms with E-state index in [-0.39, 0.29) is 87.3 Å². The lowest BCUT2D eigenvalue weighted by atomic mass is 9.80. The molecular formula is C92H140N10O25. The lowest BCUT2D eigenvalue weighted by Crippen LogP contribution is -2.61. The molecule has 9 N–H and O–H groups in total. The first kappa shape index (κ1) is 103. The van der Waals surface area contributed by atoms with Crippen LogP contribution < -0.4 is 26.8 Å². The summed E-state index contributed by atoms with van der Waals surface area (Å²) in [4.78, 5) is 112. The number of esters is 1. The Morgan fingerprint density at radius 3 is 1.92 bits per heavy atom. The predicted octanol–water partition coefficient (Wildman–Crippen LogP) is 8.02. The minimum absolute atomic E-state index is 0.00902. The number of H-pyrrole nitrogens is 1. The molecule has 4 aromatic rings. The number of imidazole rings is 1. The molecule has 1 aromatic carbocycles. The highest BCUT2D eigenvalue weighted by molar-refractivity contribution is 6.39. The summed E-state index contributed by atoms with van der Waals surface area (Å²) >= 11 is 0. The fourth-order valence-corrected chi connectivity index (χ4v) is 17.1. The minimum atomic E-state index is -2.50. The number of allylic oxidation sites excluding steroid dienone is 6. The largest absolute Gasteiger partial charge is 0.495 e. The van der Waals surface area contributed by atoms with Gasteiger partial charge in [-0.25, -0.2) is 24.1 Å². The molecule has 4 fully saturated rings. The normalized spacial score (nSPS) is 28.3. The number of aliphatic hydroxyl groups is 2. The molecule has 2 bridgehead atoms. The van der Waals surface area contributed by atoms with Gasteiger partial charge in [-0.1, -0.05) is 76.3 Å². The first-order chi connectivity index (χ1) is 61.4. The number of methoxy groups -OCH3 is 4. The third kappa shape index (κ3) is 31.0. The molecule has 35 heteroatoms. The van der Waals surface area contributed by atoms with Gasteiger partial charge in [0, 0.05) is 94.8 Å². The summed E-state index contributed by atoms with van der Waals surface area (Å²) in [7, 11) is 6.08. The Kier molecular flexibility index (Phi) is 43.6. The van der Waals surface area contributed by atoms with Crippen LogP contribution in [0.1, 0.15) is 156 Å². The Bertz CT molecular complexity index is 4210. The molecule has 2 saturated carbocycles. The van der Waals surface area contributed by atoms with E-state index in [4.69, 9.17) is 92.2 Å². The zero-order valence-electron chi connectivity index (χ0n) is 75.9. The van der Waals surface area contributed by atoms with Gasteiger partial charge in [-0.3, -0.25) is 24.0 Å². The molecule has 6 heterocycles. The number of ketones is 3. The van der Waals surface area contributed by atoms with Gasteiger partial charge in [-0.15, -0.1) is 0 Å². The average molecular weight is 1790 g/mol. The van der Waals surface area contributed by atoms with Crippen LogP contribution in [0.15, 0.2) is 78.2 Å². The lowest BCUT2D eigenvalue weighted by Gasteiger charge is -2.42. The summed E-state index contributed by atoms with van der Waals surface area (Å²) in [6.45, 7) is 18.0. The second kappa shape index (κ2) is 53.9. The van der Waals surface area contributed by atoms with Gasteiger partial charge in [-0.2, -0.15) is 5.10 Å². The van der Waals surface area contributed by atoms with Crippen LogP contribution in [0.5, 0.6) is 5.75 Å². The van der Waals surface area contributed by atoms with Crippen LogP contribution >= 0.6 is 0 Å². The molecular weight excluding hydrogens is 1650 g/mol. The molecule has 3 aliphatic heterocycles. The first-order valence-electron chi connectivity index (χ1n) is 45.2. The number of para-hydroxylation sites is 1. The Hall–Kier alpha value is -8.08. The monoisotopic (exact) mass is 1780 g/mol. The number of carbonyl (C=O) groups is 7. The van der Waals surface area contributed by atoms with Crippen molar-refractivity contribution in [1.82, 2.24) is 40.1 Å². The number of rotatable bonds is 41. The average Bonchev–Trinajstić information content (AvgIpc) is 1.62. The first-order valence-corrected chi connectivity index (χ1v) is 45.2. The Labute approximate surface area is 745 Å². The van der Waals surface area contributed by atoms with Crippen molar-refractivity contribution in [3.8, 4) is 17.1 Å². The maximum absolute atomic E-state index is 14.7. The Balaban J connectivity index is 0.581. The fourth-order valence-electron chi connectivity index (χ4n) is 17.1. The summed E-state index contributed by atoms with van der Waals surface area (Å²) in [5.41, 5.74) is 17.6. The highest BCUT2D eigenvalue weighted by Gasteiger charge is 2.53. The summed E-state index contributed by atoms with van der Waals surface area (Å²) in [5.74, 6) is -6.78. The number of Topliss-reactive ketones (excluding diaryl/α,β-unsaturated/α-hetero) is 3. The molecule has 2 aliphatic carbocycles. The van der Waals surface area contributed by atoms with Crippen LogP contribution in [0, 0.1) is 35.5 Å². The molecule has 15 atom stereocenters. The number of nitrogen functional groups attached to an aromatic ring is 1. The van der Waals surface area contributed by atoms with E-state index in [1.807, 2.05) is 68.5 Å². The third-order valence-electron chi connectivity index (χ3n) is 24.5. The molecule has 0 radical (unpaired) electrons. The Morgan fingerprint density at radius 2 is 1.31 bits per heavy atom. The zero-order valence-corrected chi connectivity index (χ0v) is 75.9. The van der Waals surface area contributed by atoms with Crippen LogP contribution in [0.2, 0.25) is 0 Å². The van der Waals surface area contributed by atoms with Crippen molar-refractivity contribution in [3.05, 3.63) is 84.0 Å². The molecule has 5 aliphatic rings. The van der Waals surface area contributed by atoms with E-state index in [2.05, 4.69) is 25.7 Å². The molecule has 0 unspecified atom stereocenters. The van der Waals surface area contributed by atoms with Crippen LogP contribution in [-0.2, 0) is 99.8 Å². The van der Waals surface area contributed by atoms with E-state index in [1.165, 1.54) is 20.5 Å². The molecule has 0 spiro atoms. The molecule has 35 nitrogen and oxygen atoms in total. The summed E-state index contributed by atoms with van der Waals surface area (Å²) < 4.78 is 93.6. The molecule has 9 rings (SSSR count). The topological polar surface area (TPSA) is 446 Å². The number of piperidine rings is 1. The van der Waals surface area contributed by atoms with Gasteiger partial charge in [0.05, 0.1) is 156 Å². The lowest BCUT2D eigenvalue weighted by molar-refractivity contribution is -0.265. The van der Waals surface area contributed by atoms with Crippen molar-refractivity contribution >= 4 is 63.5 Å². The number of alkyl carbamates (subject to hydrolysis) is 1. The number of nitrogens with one attached hydrogen (secondary N) is 3. The molecule has 127 heavy (non-hydrogen) atoms. The molecule has 3 aromatic heterocycles. The van der Waals surface area contributed by atoms with Crippen molar-refractivity contribution < 1.29 is 120 Å². The van der Waals surface area contributed by atoms with E-state index in [0.29, 0.717) is 186 Å². The van der Waals surface area contributed by atoms with Gasteiger partial charge < -0.3 is 118 Å². The minimum Gasteiger partial charge on any atom is -0.495 e. The van der Waals surface area contributed by atoms with Crippen LogP contribution in [0.4, 0.5) is 10.6 Å². The maximum atomic E-state index is 14.7. The number of amides is 3. The van der Waals surface area contributed by atoms with Crippen molar-refractivity contribution in [2.24, 2.45) is 41.2 Å². The van der Waals surface area contributed by atoms with Gasteiger partial charge in [0.25, 0.3) is 11.7 Å². The number of carbonyl (C=O) groups excluding carboxylic acids is 7. The van der Waals surface area contributed by atoms with Gasteiger partial charge in [0.15, 0.2) is 11.6 Å². The fraction of sp³-hybridized carbons (Fsp3) is 0.696. The standard InChI is InChI=1S/C92H140N10O25/c1-59-17-12-11-13-18-60(2)76(113-8)56-69-28-22-64(6)92(111,127-69)85(106)89(108)101-32-15-14-20-72(101)90(109)125-77(57-73(103)61(3)52-63(5)83(105)84(115-10)82(104)62(4)51-59)70(93)53-65-23-29-74(78(54-65)114-9)126-91(110)96-31-34-117-36-38-119-40-42-121-44-46-123-48-50-124-49-47-122-45-43-120-41-39-118-37-35-116-33-30-95-88(107)67-26-24-66(25-27-67)87-100-80(81-86(94)97-58-98-102(81)87)71-55-68-19-16-21-75(112-7)79(68)99-71/h11-13,16-19,21,52,55,58-59,61-62,64-67,69-70,72,74,76-78,83-84,99,105,111H,14-15,20,22-51,53-54,56-57,93H2,1-10H3,(H,95,107)(H,96,110)(H2,94,97,98)/b13-11+,17-12+,60-18+,63-52+/t59-,61-,62-,64-,65+,66-,67-,69+,70-,72+,74-,76+,77+,78-,83-,84+,92-/m1/s1. The molecule has 3 amide bonds.